The van der Waals surface area contributed by atoms with Crippen molar-refractivity contribution >= 4 is 17.4 Å². The monoisotopic (exact) mass is 273 g/mol. The van der Waals surface area contributed by atoms with Crippen molar-refractivity contribution in [3.8, 4) is 0 Å². The highest BCUT2D eigenvalue weighted by atomic mass is 32.2. The maximum atomic E-state index is 5.15. The molecule has 0 saturated carbocycles. The second kappa shape index (κ2) is 5.57. The summed E-state index contributed by atoms with van der Waals surface area (Å²) in [5, 5.41) is 10.7. The van der Waals surface area contributed by atoms with Gasteiger partial charge in [0.2, 0.25) is 0 Å². The van der Waals surface area contributed by atoms with Crippen molar-refractivity contribution in [2.75, 3.05) is 5.32 Å². The number of rotatable bonds is 5. The van der Waals surface area contributed by atoms with Gasteiger partial charge in [-0.15, -0.1) is 0 Å². The van der Waals surface area contributed by atoms with E-state index in [2.05, 4.69) is 25.5 Å². The first-order chi connectivity index (χ1) is 9.40. The minimum absolute atomic E-state index is 0.620. The average molecular weight is 273 g/mol. The smallest absolute Gasteiger partial charge is 0.188 e. The third-order valence-corrected chi connectivity index (χ3v) is 3.31. The molecule has 0 spiro atoms. The molecule has 0 aliphatic carbocycles. The van der Waals surface area contributed by atoms with Gasteiger partial charge < -0.3 is 9.73 Å². The topological polar surface area (TPSA) is 79.6 Å². The Hall–Kier alpha value is -2.28. The number of aromatic nitrogens is 4. The Bertz CT molecular complexity index is 606. The largest absolute Gasteiger partial charge is 0.447 e. The zero-order valence-electron chi connectivity index (χ0n) is 9.91. The Morgan fingerprint density at radius 2 is 2.16 bits per heavy atom. The first-order valence-electron chi connectivity index (χ1n) is 5.65. The Morgan fingerprint density at radius 1 is 1.26 bits per heavy atom. The van der Waals surface area contributed by atoms with Crippen LogP contribution in [0, 0.1) is 0 Å². The van der Waals surface area contributed by atoms with Crippen molar-refractivity contribution in [1.82, 2.24) is 20.2 Å². The highest BCUT2D eigenvalue weighted by Gasteiger charge is 2.01. The van der Waals surface area contributed by atoms with E-state index in [-0.39, 0.29) is 0 Å². The van der Waals surface area contributed by atoms with Crippen LogP contribution < -0.4 is 5.32 Å². The molecule has 1 aromatic carbocycles. The molecule has 2 aromatic heterocycles. The summed E-state index contributed by atoms with van der Waals surface area (Å²) >= 11 is 1.53. The fourth-order valence-corrected chi connectivity index (χ4v) is 2.21. The molecule has 0 unspecified atom stereocenters. The van der Waals surface area contributed by atoms with Gasteiger partial charge in [0.1, 0.15) is 12.1 Å². The molecule has 0 atom stereocenters. The molecule has 0 amide bonds. The zero-order valence-corrected chi connectivity index (χ0v) is 10.7. The molecule has 0 saturated heterocycles. The van der Waals surface area contributed by atoms with Crippen molar-refractivity contribution in [3.63, 3.8) is 0 Å². The molecule has 6 nitrogen and oxygen atoms in total. The van der Waals surface area contributed by atoms with Crippen molar-refractivity contribution in [2.45, 2.75) is 16.6 Å². The fraction of sp³-hybridized carbons (Fsp3) is 0.0833. The summed E-state index contributed by atoms with van der Waals surface area (Å²) < 4.78 is 5.15. The van der Waals surface area contributed by atoms with E-state index in [4.69, 9.17) is 4.42 Å². The van der Waals surface area contributed by atoms with Crippen LogP contribution in [0.15, 0.2) is 57.7 Å². The van der Waals surface area contributed by atoms with E-state index >= 15 is 0 Å². The SMILES string of the molecule is c1n[nH]c(Sc2ccc(NCc3cnco3)cc2)n1. The molecule has 0 bridgehead atoms. The zero-order chi connectivity index (χ0) is 12.9. The number of benzene rings is 1. The van der Waals surface area contributed by atoms with Crippen molar-refractivity contribution in [3.05, 3.63) is 48.9 Å². The Labute approximate surface area is 113 Å². The number of oxazole rings is 1. The quantitative estimate of drug-likeness (QED) is 0.743. The van der Waals surface area contributed by atoms with Crippen LogP contribution in [0.2, 0.25) is 0 Å². The van der Waals surface area contributed by atoms with Gasteiger partial charge in [-0.2, -0.15) is 5.10 Å². The van der Waals surface area contributed by atoms with Gasteiger partial charge >= 0.3 is 0 Å². The lowest BCUT2D eigenvalue weighted by Crippen LogP contribution is -1.97. The van der Waals surface area contributed by atoms with Gasteiger partial charge in [0.25, 0.3) is 0 Å². The molecule has 2 N–H and O–H groups in total. The van der Waals surface area contributed by atoms with Gasteiger partial charge in [-0.25, -0.2) is 9.97 Å². The van der Waals surface area contributed by atoms with E-state index in [1.807, 2.05) is 24.3 Å². The molecule has 96 valence electrons. The molecule has 0 aliphatic rings. The summed E-state index contributed by atoms with van der Waals surface area (Å²) in [5.41, 5.74) is 1.03. The normalized spacial score (nSPS) is 10.5. The third kappa shape index (κ3) is 3.14. The lowest BCUT2D eigenvalue weighted by Gasteiger charge is -2.04. The van der Waals surface area contributed by atoms with Gasteiger partial charge in [-0.05, 0) is 24.3 Å². The maximum absolute atomic E-state index is 5.15. The van der Waals surface area contributed by atoms with E-state index in [1.54, 1.807) is 6.20 Å². The molecular weight excluding hydrogens is 262 g/mol. The molecule has 19 heavy (non-hydrogen) atoms. The van der Waals surface area contributed by atoms with Gasteiger partial charge in [0.15, 0.2) is 11.6 Å². The van der Waals surface area contributed by atoms with Crippen molar-refractivity contribution in [2.24, 2.45) is 0 Å². The van der Waals surface area contributed by atoms with Crippen LogP contribution in [0.5, 0.6) is 0 Å². The highest BCUT2D eigenvalue weighted by molar-refractivity contribution is 7.99. The molecular formula is C12H11N5OS. The highest BCUT2D eigenvalue weighted by Crippen LogP contribution is 2.25. The van der Waals surface area contributed by atoms with Crippen LogP contribution in [-0.4, -0.2) is 20.2 Å². The standard InChI is InChI=1S/C12H11N5OS/c1-3-11(19-12-15-7-16-17-12)4-2-9(1)14-6-10-5-13-8-18-10/h1-5,7-8,14H,6H2,(H,15,16,17). The molecule has 3 aromatic rings. The minimum atomic E-state index is 0.620. The number of nitrogens with zero attached hydrogens (tertiary/aromatic N) is 3. The first-order valence-corrected chi connectivity index (χ1v) is 6.46. The average Bonchev–Trinajstić information content (AvgIpc) is 3.11. The molecule has 7 heteroatoms. The van der Waals surface area contributed by atoms with E-state index < -0.39 is 0 Å². The van der Waals surface area contributed by atoms with Crippen LogP contribution >= 0.6 is 11.8 Å². The number of anilines is 1. The minimum Gasteiger partial charge on any atom is -0.447 e. The summed E-state index contributed by atoms with van der Waals surface area (Å²) in [6.07, 6.45) is 4.62. The maximum Gasteiger partial charge on any atom is 0.188 e. The third-order valence-electron chi connectivity index (χ3n) is 2.41. The summed E-state index contributed by atoms with van der Waals surface area (Å²) in [6.45, 7) is 0.620. The summed E-state index contributed by atoms with van der Waals surface area (Å²) in [7, 11) is 0. The van der Waals surface area contributed by atoms with Crippen LogP contribution in [0.25, 0.3) is 0 Å². The molecule has 2 heterocycles. The predicted molar refractivity (Wildman–Crippen MR) is 70.8 cm³/mol. The molecule has 0 radical (unpaired) electrons. The first kappa shape index (κ1) is 11.8. The van der Waals surface area contributed by atoms with E-state index in [0.29, 0.717) is 6.54 Å². The predicted octanol–water partition coefficient (Wildman–Crippen LogP) is 2.56. The van der Waals surface area contributed by atoms with Crippen LogP contribution in [0.3, 0.4) is 0 Å². The number of aromatic amines is 1. The van der Waals surface area contributed by atoms with Crippen LogP contribution in [-0.2, 0) is 6.54 Å². The fourth-order valence-electron chi connectivity index (χ4n) is 1.51. The number of hydrogen-bond donors (Lipinski definition) is 2. The van der Waals surface area contributed by atoms with E-state index in [9.17, 15) is 0 Å². The molecule has 3 rings (SSSR count). The summed E-state index contributed by atoms with van der Waals surface area (Å²) in [4.78, 5) is 9.03. The van der Waals surface area contributed by atoms with E-state index in [1.165, 1.54) is 24.5 Å². The summed E-state index contributed by atoms with van der Waals surface area (Å²) in [6, 6.07) is 8.07. The lowest BCUT2D eigenvalue weighted by atomic mass is 10.3. The van der Waals surface area contributed by atoms with Crippen LogP contribution in [0.1, 0.15) is 5.76 Å². The van der Waals surface area contributed by atoms with Crippen LogP contribution in [0.4, 0.5) is 5.69 Å². The van der Waals surface area contributed by atoms with Gasteiger partial charge in [0.05, 0.1) is 12.7 Å². The van der Waals surface area contributed by atoms with Gasteiger partial charge in [0, 0.05) is 10.6 Å². The lowest BCUT2D eigenvalue weighted by molar-refractivity contribution is 0.512. The second-order valence-corrected chi connectivity index (χ2v) is 4.80. The second-order valence-electron chi connectivity index (χ2n) is 3.74. The summed E-state index contributed by atoms with van der Waals surface area (Å²) in [5.74, 6) is 0.806. The van der Waals surface area contributed by atoms with Gasteiger partial charge in [-0.3, -0.25) is 5.10 Å². The van der Waals surface area contributed by atoms with E-state index in [0.717, 1.165) is 21.5 Å². The number of nitrogens with one attached hydrogen (secondary N) is 2. The Balaban J connectivity index is 1.59. The Morgan fingerprint density at radius 3 is 2.84 bits per heavy atom. The number of hydrogen-bond acceptors (Lipinski definition) is 6. The molecule has 0 fully saturated rings. The molecule has 0 aliphatic heterocycles. The van der Waals surface area contributed by atoms with Crippen molar-refractivity contribution < 1.29 is 4.42 Å². The Kier molecular flexibility index (Phi) is 3.46. The van der Waals surface area contributed by atoms with Gasteiger partial charge in [-0.1, -0.05) is 11.8 Å². The van der Waals surface area contributed by atoms with Crippen molar-refractivity contribution in [1.29, 1.82) is 0 Å². The number of H-pyrrole nitrogens is 1.